The zero-order chi connectivity index (χ0) is 7.84. The first kappa shape index (κ1) is 7.63. The van der Waals surface area contributed by atoms with Crippen LogP contribution in [0.1, 0.15) is 17.9 Å². The lowest BCUT2D eigenvalue weighted by atomic mass is 10.1. The molecule has 2 atom stereocenters. The summed E-state index contributed by atoms with van der Waals surface area (Å²) in [7, 11) is 0. The van der Waals surface area contributed by atoms with Crippen LogP contribution in [0.2, 0.25) is 5.02 Å². The van der Waals surface area contributed by atoms with Gasteiger partial charge in [-0.05, 0) is 24.0 Å². The molecule has 58 valence electrons. The summed E-state index contributed by atoms with van der Waals surface area (Å²) in [5, 5.41) is 0.902. The van der Waals surface area contributed by atoms with Crippen LogP contribution in [-0.4, -0.2) is 4.83 Å². The molecule has 1 saturated carbocycles. The zero-order valence-electron chi connectivity index (χ0n) is 5.93. The van der Waals surface area contributed by atoms with Gasteiger partial charge in [-0.1, -0.05) is 45.7 Å². The molecule has 2 heteroatoms. The van der Waals surface area contributed by atoms with Gasteiger partial charge in [-0.2, -0.15) is 0 Å². The highest BCUT2D eigenvalue weighted by molar-refractivity contribution is 9.09. The molecular weight excluding hydrogens is 223 g/mol. The second-order valence-corrected chi connectivity index (χ2v) is 4.46. The molecule has 0 nitrogen and oxygen atoms in total. The smallest absolute Gasteiger partial charge is 0.0441 e. The van der Waals surface area contributed by atoms with Crippen molar-refractivity contribution < 1.29 is 0 Å². The summed E-state index contributed by atoms with van der Waals surface area (Å²) < 4.78 is 0. The summed E-state index contributed by atoms with van der Waals surface area (Å²) in [5.41, 5.74) is 1.29. The van der Waals surface area contributed by atoms with E-state index in [1.165, 1.54) is 12.0 Å². The van der Waals surface area contributed by atoms with E-state index in [9.17, 15) is 0 Å². The molecule has 11 heavy (non-hydrogen) atoms. The molecule has 0 amide bonds. The van der Waals surface area contributed by atoms with Crippen molar-refractivity contribution in [3.63, 3.8) is 0 Å². The van der Waals surface area contributed by atoms with E-state index in [-0.39, 0.29) is 0 Å². The highest BCUT2D eigenvalue weighted by Gasteiger charge is 2.36. The number of hydrogen-bond acceptors (Lipinski definition) is 0. The highest BCUT2D eigenvalue weighted by Crippen LogP contribution is 2.48. The predicted octanol–water partition coefficient (Wildman–Crippen LogP) is 3.59. The Morgan fingerprint density at radius 3 is 2.55 bits per heavy atom. The van der Waals surface area contributed by atoms with Gasteiger partial charge in [-0.25, -0.2) is 0 Å². The summed E-state index contributed by atoms with van der Waals surface area (Å²) in [6.07, 6.45) is 1.23. The van der Waals surface area contributed by atoms with Crippen molar-refractivity contribution in [2.45, 2.75) is 17.2 Å². The third-order valence-electron chi connectivity index (χ3n) is 2.02. The Bertz CT molecular complexity index is 272. The third kappa shape index (κ3) is 1.45. The van der Waals surface area contributed by atoms with Gasteiger partial charge in [0, 0.05) is 9.85 Å². The van der Waals surface area contributed by atoms with Crippen LogP contribution >= 0.6 is 27.5 Å². The van der Waals surface area contributed by atoms with Crippen molar-refractivity contribution in [3.05, 3.63) is 34.9 Å². The Hall–Kier alpha value is -0.0100. The van der Waals surface area contributed by atoms with E-state index in [4.69, 9.17) is 11.6 Å². The van der Waals surface area contributed by atoms with Crippen LogP contribution in [0.4, 0.5) is 0 Å². The van der Waals surface area contributed by atoms with Gasteiger partial charge >= 0.3 is 0 Å². The van der Waals surface area contributed by atoms with Crippen molar-refractivity contribution in [3.8, 4) is 0 Å². The minimum atomic E-state index is 0.655. The molecule has 1 fully saturated rings. The summed E-state index contributed by atoms with van der Waals surface area (Å²) in [5.74, 6) is 0.656. The molecule has 0 spiro atoms. The van der Waals surface area contributed by atoms with Crippen molar-refractivity contribution >= 4 is 27.5 Å². The standard InChI is InChI=1S/C9H8BrCl/c10-8-5-7(8)6-3-1-2-4-9(6)11/h1-4,7-8H,5H2/t7-,8+/m0/s1. The summed E-state index contributed by atoms with van der Waals surface area (Å²) in [6.45, 7) is 0. The molecule has 0 bridgehead atoms. The fourth-order valence-electron chi connectivity index (χ4n) is 1.26. The Kier molecular flexibility index (Phi) is 1.94. The molecule has 0 aromatic heterocycles. The first-order valence-electron chi connectivity index (χ1n) is 3.67. The van der Waals surface area contributed by atoms with Gasteiger partial charge in [0.15, 0.2) is 0 Å². The van der Waals surface area contributed by atoms with E-state index in [0.717, 1.165) is 5.02 Å². The van der Waals surface area contributed by atoms with E-state index in [1.807, 2.05) is 18.2 Å². The minimum Gasteiger partial charge on any atom is -0.0884 e. The molecule has 0 saturated heterocycles. The number of hydrogen-bond donors (Lipinski definition) is 0. The van der Waals surface area contributed by atoms with Crippen LogP contribution in [0.3, 0.4) is 0 Å². The van der Waals surface area contributed by atoms with Crippen LogP contribution in [0.25, 0.3) is 0 Å². The van der Waals surface area contributed by atoms with Gasteiger partial charge in [0.25, 0.3) is 0 Å². The lowest BCUT2D eigenvalue weighted by Gasteiger charge is -1.99. The Morgan fingerprint density at radius 1 is 1.36 bits per heavy atom. The van der Waals surface area contributed by atoms with E-state index in [1.54, 1.807) is 0 Å². The van der Waals surface area contributed by atoms with Gasteiger partial charge in [-0.3, -0.25) is 0 Å². The Labute approximate surface area is 79.7 Å². The molecule has 0 N–H and O–H groups in total. The topological polar surface area (TPSA) is 0 Å². The van der Waals surface area contributed by atoms with Crippen molar-refractivity contribution in [1.82, 2.24) is 0 Å². The van der Waals surface area contributed by atoms with Crippen LogP contribution in [0.15, 0.2) is 24.3 Å². The Morgan fingerprint density at radius 2 is 2.00 bits per heavy atom. The molecule has 1 aromatic rings. The van der Waals surface area contributed by atoms with Gasteiger partial charge in [0.05, 0.1) is 0 Å². The van der Waals surface area contributed by atoms with E-state index in [2.05, 4.69) is 22.0 Å². The molecule has 0 heterocycles. The van der Waals surface area contributed by atoms with Crippen molar-refractivity contribution in [2.75, 3.05) is 0 Å². The predicted molar refractivity (Wildman–Crippen MR) is 51.5 cm³/mol. The SMILES string of the molecule is Clc1ccccc1[C@@H]1C[C@H]1Br. The minimum absolute atomic E-state index is 0.655. The van der Waals surface area contributed by atoms with Gasteiger partial charge < -0.3 is 0 Å². The van der Waals surface area contributed by atoms with E-state index < -0.39 is 0 Å². The van der Waals surface area contributed by atoms with E-state index >= 15 is 0 Å². The maximum atomic E-state index is 6.00. The number of benzene rings is 1. The van der Waals surface area contributed by atoms with Gasteiger partial charge in [0.1, 0.15) is 0 Å². The molecule has 1 aromatic carbocycles. The number of rotatable bonds is 1. The fourth-order valence-corrected chi connectivity index (χ4v) is 2.23. The summed E-state index contributed by atoms with van der Waals surface area (Å²) in [6, 6.07) is 8.07. The van der Waals surface area contributed by atoms with Crippen molar-refractivity contribution in [2.24, 2.45) is 0 Å². The number of alkyl halides is 1. The lowest BCUT2D eigenvalue weighted by molar-refractivity contribution is 1.14. The van der Waals surface area contributed by atoms with Crippen LogP contribution in [0, 0.1) is 0 Å². The summed E-state index contributed by atoms with van der Waals surface area (Å²) in [4.78, 5) is 0.655. The Balaban J connectivity index is 2.31. The van der Waals surface area contributed by atoms with Crippen LogP contribution in [-0.2, 0) is 0 Å². The normalized spacial score (nSPS) is 28.5. The van der Waals surface area contributed by atoms with Gasteiger partial charge in [-0.15, -0.1) is 0 Å². The average molecular weight is 232 g/mol. The van der Waals surface area contributed by atoms with Gasteiger partial charge in [0.2, 0.25) is 0 Å². The number of halogens is 2. The molecule has 1 aliphatic carbocycles. The average Bonchev–Trinajstić information content (AvgIpc) is 2.68. The molecule has 0 aliphatic heterocycles. The second kappa shape index (κ2) is 2.80. The zero-order valence-corrected chi connectivity index (χ0v) is 8.27. The monoisotopic (exact) mass is 230 g/mol. The molecule has 1 aliphatic rings. The maximum absolute atomic E-state index is 6.00. The van der Waals surface area contributed by atoms with Crippen molar-refractivity contribution in [1.29, 1.82) is 0 Å². The summed E-state index contributed by atoms with van der Waals surface area (Å²) >= 11 is 9.56. The molecule has 2 rings (SSSR count). The molecule has 0 radical (unpaired) electrons. The second-order valence-electron chi connectivity index (χ2n) is 2.88. The third-order valence-corrected chi connectivity index (χ3v) is 3.37. The molecule has 0 unspecified atom stereocenters. The maximum Gasteiger partial charge on any atom is 0.0441 e. The quantitative estimate of drug-likeness (QED) is 0.648. The first-order valence-corrected chi connectivity index (χ1v) is 4.97. The van der Waals surface area contributed by atoms with Crippen LogP contribution < -0.4 is 0 Å². The van der Waals surface area contributed by atoms with Crippen LogP contribution in [0.5, 0.6) is 0 Å². The molecular formula is C9H8BrCl. The highest BCUT2D eigenvalue weighted by atomic mass is 79.9. The fraction of sp³-hybridized carbons (Fsp3) is 0.333. The van der Waals surface area contributed by atoms with E-state index in [0.29, 0.717) is 10.7 Å². The largest absolute Gasteiger partial charge is 0.0884 e. The first-order chi connectivity index (χ1) is 5.29. The lowest BCUT2D eigenvalue weighted by Crippen LogP contribution is -1.81.